The number of nitrogens with zero attached hydrogens (tertiary/aromatic N) is 3. The molecule has 2 aromatic carbocycles. The lowest BCUT2D eigenvalue weighted by molar-refractivity contribution is 0.101. The van der Waals surface area contributed by atoms with Crippen molar-refractivity contribution in [3.05, 3.63) is 59.1 Å². The second-order valence-electron chi connectivity index (χ2n) is 5.81. The Hall–Kier alpha value is -2.31. The van der Waals surface area contributed by atoms with Crippen molar-refractivity contribution in [2.24, 2.45) is 0 Å². The van der Waals surface area contributed by atoms with Crippen molar-refractivity contribution in [2.45, 2.75) is 25.5 Å². The lowest BCUT2D eigenvalue weighted by Crippen LogP contribution is -2.06. The summed E-state index contributed by atoms with van der Waals surface area (Å²) < 4.78 is 7.84. The lowest BCUT2D eigenvalue weighted by atomic mass is 10.1. The van der Waals surface area contributed by atoms with Gasteiger partial charge < -0.3 is 9.30 Å². The van der Waals surface area contributed by atoms with Gasteiger partial charge in [0.05, 0.1) is 12.2 Å². The minimum absolute atomic E-state index is 0.00450. The Kier molecular flexibility index (Phi) is 6.53. The minimum Gasteiger partial charge on any atom is -0.492 e. The summed E-state index contributed by atoms with van der Waals surface area (Å²) in [6, 6.07) is 14.9. The number of Topliss-reactive ketones (excluding diaryl/α,β-unsaturated/α-hetero) is 1. The molecule has 140 valence electrons. The maximum atomic E-state index is 11.6. The van der Waals surface area contributed by atoms with Gasteiger partial charge in [0.15, 0.2) is 16.8 Å². The van der Waals surface area contributed by atoms with Crippen molar-refractivity contribution >= 4 is 29.1 Å². The average Bonchev–Trinajstić information content (AvgIpc) is 3.08. The van der Waals surface area contributed by atoms with E-state index in [4.69, 9.17) is 16.3 Å². The van der Waals surface area contributed by atoms with E-state index in [1.165, 1.54) is 6.92 Å². The van der Waals surface area contributed by atoms with E-state index < -0.39 is 0 Å². The molecule has 0 fully saturated rings. The summed E-state index contributed by atoms with van der Waals surface area (Å²) in [7, 11) is 0. The van der Waals surface area contributed by atoms with Crippen LogP contribution in [0.2, 0.25) is 5.02 Å². The van der Waals surface area contributed by atoms with Crippen LogP contribution in [0.4, 0.5) is 0 Å². The first kappa shape index (κ1) is 19.5. The van der Waals surface area contributed by atoms with Crippen LogP contribution >= 0.6 is 23.4 Å². The molecule has 0 aliphatic rings. The van der Waals surface area contributed by atoms with Crippen molar-refractivity contribution < 1.29 is 9.53 Å². The fraction of sp³-hybridized carbons (Fsp3) is 0.250. The van der Waals surface area contributed by atoms with Gasteiger partial charge in [-0.3, -0.25) is 4.79 Å². The number of ketones is 1. The summed E-state index contributed by atoms with van der Waals surface area (Å²) in [4.78, 5) is 11.6. The van der Waals surface area contributed by atoms with E-state index in [-0.39, 0.29) is 5.78 Å². The summed E-state index contributed by atoms with van der Waals surface area (Å²) in [5, 5.41) is 10.1. The van der Waals surface area contributed by atoms with Crippen LogP contribution in [0, 0.1) is 0 Å². The summed E-state index contributed by atoms with van der Waals surface area (Å²) >= 11 is 7.66. The first-order valence-corrected chi connectivity index (χ1v) is 10.0. The Bertz CT molecular complexity index is 942. The molecule has 7 heteroatoms. The molecule has 1 aromatic heterocycles. The van der Waals surface area contributed by atoms with Gasteiger partial charge in [-0.15, -0.1) is 10.2 Å². The van der Waals surface area contributed by atoms with Gasteiger partial charge >= 0.3 is 0 Å². The maximum Gasteiger partial charge on any atom is 0.191 e. The maximum absolute atomic E-state index is 11.6. The van der Waals surface area contributed by atoms with E-state index in [1.807, 2.05) is 42.5 Å². The summed E-state index contributed by atoms with van der Waals surface area (Å²) in [6.07, 6.45) is 0. The van der Waals surface area contributed by atoms with E-state index in [9.17, 15) is 4.79 Å². The first-order valence-electron chi connectivity index (χ1n) is 8.65. The number of ether oxygens (including phenoxy) is 1. The monoisotopic (exact) mass is 401 g/mol. The van der Waals surface area contributed by atoms with Crippen LogP contribution in [0.25, 0.3) is 11.4 Å². The molecule has 27 heavy (non-hydrogen) atoms. The fourth-order valence-corrected chi connectivity index (χ4v) is 3.70. The lowest BCUT2D eigenvalue weighted by Gasteiger charge is -2.10. The second kappa shape index (κ2) is 9.06. The molecule has 0 N–H and O–H groups in total. The molecule has 0 aliphatic heterocycles. The third-order valence-corrected chi connectivity index (χ3v) is 5.12. The van der Waals surface area contributed by atoms with Crippen LogP contribution < -0.4 is 4.74 Å². The molecule has 3 aromatic rings. The zero-order chi connectivity index (χ0) is 19.2. The standard InChI is InChI=1S/C20H20ClN3O2S/c1-3-24-19(15-7-6-8-16(21)13-15)22-23-20(24)27-12-11-26-18-10-5-4-9-17(18)14(2)25/h4-10,13H,3,11-12H2,1-2H3. The van der Waals surface area contributed by atoms with Crippen LogP contribution in [0.15, 0.2) is 53.7 Å². The van der Waals surface area contributed by atoms with Crippen molar-refractivity contribution in [2.75, 3.05) is 12.4 Å². The van der Waals surface area contributed by atoms with Gasteiger partial charge in [0, 0.05) is 22.9 Å². The van der Waals surface area contributed by atoms with Gasteiger partial charge in [-0.25, -0.2) is 0 Å². The number of hydrogen-bond acceptors (Lipinski definition) is 5. The van der Waals surface area contributed by atoms with E-state index >= 15 is 0 Å². The van der Waals surface area contributed by atoms with Gasteiger partial charge in [-0.1, -0.05) is 47.6 Å². The van der Waals surface area contributed by atoms with Crippen LogP contribution in [-0.2, 0) is 6.54 Å². The highest BCUT2D eigenvalue weighted by atomic mass is 35.5. The van der Waals surface area contributed by atoms with Crippen LogP contribution in [0.1, 0.15) is 24.2 Å². The molecule has 0 saturated heterocycles. The number of aromatic nitrogens is 3. The summed E-state index contributed by atoms with van der Waals surface area (Å²) in [5.41, 5.74) is 1.54. The average molecular weight is 402 g/mol. The Morgan fingerprint density at radius 3 is 2.74 bits per heavy atom. The SMILES string of the molecule is CCn1c(SCCOc2ccccc2C(C)=O)nnc1-c1cccc(Cl)c1. The molecule has 0 aliphatic carbocycles. The summed E-state index contributed by atoms with van der Waals surface area (Å²) in [6.45, 7) is 4.82. The Morgan fingerprint density at radius 1 is 1.19 bits per heavy atom. The number of halogens is 1. The number of carbonyl (C=O) groups is 1. The second-order valence-corrected chi connectivity index (χ2v) is 7.31. The van der Waals surface area contributed by atoms with Crippen LogP contribution in [-0.4, -0.2) is 32.9 Å². The van der Waals surface area contributed by atoms with Gasteiger partial charge in [-0.2, -0.15) is 0 Å². The molecule has 0 unspecified atom stereocenters. The molecule has 0 amide bonds. The smallest absolute Gasteiger partial charge is 0.191 e. The van der Waals surface area contributed by atoms with Crippen LogP contribution in [0.3, 0.4) is 0 Å². The van der Waals surface area contributed by atoms with Gasteiger partial charge in [0.1, 0.15) is 5.75 Å². The predicted molar refractivity (Wildman–Crippen MR) is 109 cm³/mol. The molecule has 0 saturated carbocycles. The molecule has 1 heterocycles. The molecule has 0 spiro atoms. The van der Waals surface area contributed by atoms with Crippen molar-refractivity contribution in [3.8, 4) is 17.1 Å². The van der Waals surface area contributed by atoms with Crippen molar-refractivity contribution in [1.29, 1.82) is 0 Å². The van der Waals surface area contributed by atoms with E-state index in [1.54, 1.807) is 17.8 Å². The number of carbonyl (C=O) groups excluding carboxylic acids is 1. The zero-order valence-electron chi connectivity index (χ0n) is 15.2. The van der Waals surface area contributed by atoms with Gasteiger partial charge in [-0.05, 0) is 38.1 Å². The Labute approximate surface area is 167 Å². The van der Waals surface area contributed by atoms with E-state index in [2.05, 4.69) is 21.7 Å². The first-order chi connectivity index (χ1) is 13.1. The molecular weight excluding hydrogens is 382 g/mol. The summed E-state index contributed by atoms with van der Waals surface area (Å²) in [5.74, 6) is 2.10. The molecule has 0 bridgehead atoms. The molecular formula is C20H20ClN3O2S. The molecule has 0 radical (unpaired) electrons. The number of benzene rings is 2. The van der Waals surface area contributed by atoms with Gasteiger partial charge in [0.2, 0.25) is 0 Å². The molecule has 0 atom stereocenters. The highest BCUT2D eigenvalue weighted by Gasteiger charge is 2.14. The van der Waals surface area contributed by atoms with E-state index in [0.717, 1.165) is 23.1 Å². The fourth-order valence-electron chi connectivity index (χ4n) is 2.69. The largest absolute Gasteiger partial charge is 0.492 e. The Morgan fingerprint density at radius 2 is 2.00 bits per heavy atom. The third kappa shape index (κ3) is 4.70. The number of hydrogen-bond donors (Lipinski definition) is 0. The predicted octanol–water partition coefficient (Wildman–Crippen LogP) is 4.99. The highest BCUT2D eigenvalue weighted by Crippen LogP contribution is 2.26. The van der Waals surface area contributed by atoms with Crippen LogP contribution in [0.5, 0.6) is 5.75 Å². The van der Waals surface area contributed by atoms with Gasteiger partial charge in [0.25, 0.3) is 0 Å². The van der Waals surface area contributed by atoms with Crippen molar-refractivity contribution in [1.82, 2.24) is 14.8 Å². The normalized spacial score (nSPS) is 10.8. The third-order valence-electron chi connectivity index (χ3n) is 3.95. The highest BCUT2D eigenvalue weighted by molar-refractivity contribution is 7.99. The molecule has 3 rings (SSSR count). The quantitative estimate of drug-likeness (QED) is 0.302. The van der Waals surface area contributed by atoms with Crippen molar-refractivity contribution in [3.63, 3.8) is 0 Å². The van der Waals surface area contributed by atoms with E-state index in [0.29, 0.717) is 28.7 Å². The Balaban J connectivity index is 1.65. The number of rotatable bonds is 8. The topological polar surface area (TPSA) is 57.0 Å². The number of para-hydroxylation sites is 1. The molecule has 5 nitrogen and oxygen atoms in total. The zero-order valence-corrected chi connectivity index (χ0v) is 16.8. The minimum atomic E-state index is -0.00450. The number of thioether (sulfide) groups is 1.